The van der Waals surface area contributed by atoms with Gasteiger partial charge in [-0.25, -0.2) is 0 Å². The molecule has 0 aliphatic heterocycles. The monoisotopic (exact) mass is 216 g/mol. The van der Waals surface area contributed by atoms with Crippen LogP contribution in [0.25, 0.3) is 0 Å². The number of benzene rings is 1. The van der Waals surface area contributed by atoms with Gasteiger partial charge in [0.1, 0.15) is 5.75 Å². The summed E-state index contributed by atoms with van der Waals surface area (Å²) in [5.74, 6) is 0.794. The van der Waals surface area contributed by atoms with Crippen LogP contribution in [0.5, 0.6) is 5.75 Å². The van der Waals surface area contributed by atoms with Crippen LogP contribution < -0.4 is 10.1 Å². The summed E-state index contributed by atoms with van der Waals surface area (Å²) in [6.45, 7) is 6.38. The van der Waals surface area contributed by atoms with Crippen molar-refractivity contribution >= 4 is 0 Å². The van der Waals surface area contributed by atoms with Crippen molar-refractivity contribution in [1.29, 1.82) is 5.26 Å². The van der Waals surface area contributed by atoms with Crippen molar-refractivity contribution in [1.82, 2.24) is 5.32 Å². The maximum Gasteiger partial charge on any atom is 0.123 e. The molecule has 1 unspecified atom stereocenters. The van der Waals surface area contributed by atoms with E-state index in [2.05, 4.69) is 18.0 Å². The summed E-state index contributed by atoms with van der Waals surface area (Å²) in [5, 5.41) is 12.1. The van der Waals surface area contributed by atoms with E-state index < -0.39 is 0 Å². The molecule has 0 aliphatic carbocycles. The van der Waals surface area contributed by atoms with Gasteiger partial charge in [0.25, 0.3) is 0 Å². The summed E-state index contributed by atoms with van der Waals surface area (Å²) in [6, 6.07) is 7.75. The number of nitrogens with one attached hydrogen (secondary N) is 1. The van der Waals surface area contributed by atoms with Crippen LogP contribution in [0.2, 0.25) is 0 Å². The van der Waals surface area contributed by atoms with Crippen LogP contribution in [0.15, 0.2) is 30.9 Å². The van der Waals surface area contributed by atoms with Gasteiger partial charge in [-0.2, -0.15) is 5.26 Å². The molecule has 16 heavy (non-hydrogen) atoms. The van der Waals surface area contributed by atoms with Gasteiger partial charge < -0.3 is 10.1 Å². The molecule has 0 spiro atoms. The minimum absolute atomic E-state index is 0.232. The normalized spacial score (nSPS) is 11.6. The Morgan fingerprint density at radius 1 is 1.62 bits per heavy atom. The largest absolute Gasteiger partial charge is 0.496 e. The molecule has 0 bridgehead atoms. The van der Waals surface area contributed by atoms with Gasteiger partial charge in [0.15, 0.2) is 0 Å². The zero-order valence-corrected chi connectivity index (χ0v) is 9.66. The van der Waals surface area contributed by atoms with Crippen molar-refractivity contribution in [3.8, 4) is 11.8 Å². The number of rotatable bonds is 5. The third-order valence-corrected chi connectivity index (χ3v) is 2.38. The van der Waals surface area contributed by atoms with Gasteiger partial charge in [0, 0.05) is 18.2 Å². The third kappa shape index (κ3) is 3.11. The zero-order chi connectivity index (χ0) is 12.0. The summed E-state index contributed by atoms with van der Waals surface area (Å²) in [4.78, 5) is 0. The lowest BCUT2D eigenvalue weighted by Gasteiger charge is -2.12. The smallest absolute Gasteiger partial charge is 0.123 e. The van der Waals surface area contributed by atoms with Crippen LogP contribution in [0, 0.1) is 11.3 Å². The highest BCUT2D eigenvalue weighted by Crippen LogP contribution is 2.19. The Balaban J connectivity index is 2.83. The molecule has 0 aliphatic rings. The average Bonchev–Trinajstić information content (AvgIpc) is 2.35. The van der Waals surface area contributed by atoms with Crippen LogP contribution >= 0.6 is 0 Å². The van der Waals surface area contributed by atoms with Gasteiger partial charge in [-0.05, 0) is 25.1 Å². The minimum atomic E-state index is 0.232. The number of nitrogens with zero attached hydrogens (tertiary/aromatic N) is 1. The second kappa shape index (κ2) is 5.94. The number of ether oxygens (including phenoxy) is 1. The number of nitriles is 1. The number of methoxy groups -OCH3 is 1. The first-order valence-electron chi connectivity index (χ1n) is 5.14. The Labute approximate surface area is 96.4 Å². The molecule has 1 aromatic carbocycles. The first-order chi connectivity index (χ1) is 7.71. The average molecular weight is 216 g/mol. The molecular formula is C13H16N2O. The van der Waals surface area contributed by atoms with E-state index in [1.807, 2.05) is 25.1 Å². The Morgan fingerprint density at radius 3 is 2.94 bits per heavy atom. The maximum absolute atomic E-state index is 8.82. The summed E-state index contributed by atoms with van der Waals surface area (Å²) in [5.41, 5.74) is 1.62. The van der Waals surface area contributed by atoms with Crippen LogP contribution in [0.1, 0.15) is 18.1 Å². The first-order valence-corrected chi connectivity index (χ1v) is 5.14. The lowest BCUT2D eigenvalue weighted by molar-refractivity contribution is 0.407. The second-order valence-corrected chi connectivity index (χ2v) is 3.54. The Hall–Kier alpha value is -1.79. The van der Waals surface area contributed by atoms with E-state index in [0.29, 0.717) is 12.1 Å². The van der Waals surface area contributed by atoms with E-state index in [4.69, 9.17) is 10.00 Å². The lowest BCUT2D eigenvalue weighted by Crippen LogP contribution is -2.23. The van der Waals surface area contributed by atoms with Crippen molar-refractivity contribution in [3.05, 3.63) is 42.0 Å². The lowest BCUT2D eigenvalue weighted by atomic mass is 10.1. The topological polar surface area (TPSA) is 45.0 Å². The van der Waals surface area contributed by atoms with Crippen LogP contribution in [-0.2, 0) is 6.54 Å². The second-order valence-electron chi connectivity index (χ2n) is 3.54. The molecule has 0 fully saturated rings. The van der Waals surface area contributed by atoms with Gasteiger partial charge in [-0.3, -0.25) is 0 Å². The molecule has 1 atom stereocenters. The van der Waals surface area contributed by atoms with Crippen LogP contribution in [0.4, 0.5) is 0 Å². The van der Waals surface area contributed by atoms with Crippen molar-refractivity contribution < 1.29 is 4.74 Å². The summed E-state index contributed by atoms with van der Waals surface area (Å²) < 4.78 is 5.24. The highest BCUT2D eigenvalue weighted by molar-refractivity contribution is 5.42. The van der Waals surface area contributed by atoms with E-state index in [-0.39, 0.29) is 6.04 Å². The van der Waals surface area contributed by atoms with Crippen molar-refractivity contribution in [2.75, 3.05) is 7.11 Å². The van der Waals surface area contributed by atoms with Gasteiger partial charge >= 0.3 is 0 Å². The van der Waals surface area contributed by atoms with Crippen molar-refractivity contribution in [3.63, 3.8) is 0 Å². The fraction of sp³-hybridized carbons (Fsp3) is 0.308. The maximum atomic E-state index is 8.82. The van der Waals surface area contributed by atoms with Gasteiger partial charge in [-0.1, -0.05) is 6.08 Å². The molecule has 0 amide bonds. The molecule has 0 heterocycles. The number of hydrogen-bond donors (Lipinski definition) is 1. The fourth-order valence-electron chi connectivity index (χ4n) is 1.34. The molecule has 0 radical (unpaired) electrons. The van der Waals surface area contributed by atoms with Gasteiger partial charge in [0.2, 0.25) is 0 Å². The SMILES string of the molecule is C=CC(C)NCc1cc(C#N)ccc1OC. The Morgan fingerprint density at radius 2 is 2.38 bits per heavy atom. The van der Waals surface area contributed by atoms with Crippen molar-refractivity contribution in [2.24, 2.45) is 0 Å². The van der Waals surface area contributed by atoms with E-state index in [0.717, 1.165) is 11.3 Å². The summed E-state index contributed by atoms with van der Waals surface area (Å²) >= 11 is 0. The molecule has 0 saturated heterocycles. The van der Waals surface area contributed by atoms with E-state index in [9.17, 15) is 0 Å². The van der Waals surface area contributed by atoms with E-state index >= 15 is 0 Å². The summed E-state index contributed by atoms with van der Waals surface area (Å²) in [7, 11) is 1.63. The molecule has 1 rings (SSSR count). The molecule has 1 aromatic rings. The third-order valence-electron chi connectivity index (χ3n) is 2.38. The standard InChI is InChI=1S/C13H16N2O/c1-4-10(2)15-9-12-7-11(8-14)5-6-13(12)16-3/h4-7,10,15H,1,9H2,2-3H3. The predicted octanol–water partition coefficient (Wildman–Crippen LogP) is 2.23. The molecule has 0 saturated carbocycles. The molecule has 84 valence electrons. The zero-order valence-electron chi connectivity index (χ0n) is 9.66. The predicted molar refractivity (Wildman–Crippen MR) is 64.2 cm³/mol. The van der Waals surface area contributed by atoms with Gasteiger partial charge in [0.05, 0.1) is 18.7 Å². The molecule has 1 N–H and O–H groups in total. The molecular weight excluding hydrogens is 200 g/mol. The van der Waals surface area contributed by atoms with Crippen LogP contribution in [-0.4, -0.2) is 13.2 Å². The molecule has 0 aromatic heterocycles. The Kier molecular flexibility index (Phi) is 4.56. The quantitative estimate of drug-likeness (QED) is 0.768. The van der Waals surface area contributed by atoms with E-state index in [1.165, 1.54) is 0 Å². The van der Waals surface area contributed by atoms with E-state index in [1.54, 1.807) is 13.2 Å². The molecule has 3 nitrogen and oxygen atoms in total. The molecule has 3 heteroatoms. The summed E-state index contributed by atoms with van der Waals surface area (Å²) in [6.07, 6.45) is 1.83. The number of hydrogen-bond acceptors (Lipinski definition) is 3. The van der Waals surface area contributed by atoms with Crippen molar-refractivity contribution in [2.45, 2.75) is 19.5 Å². The highest BCUT2D eigenvalue weighted by Gasteiger charge is 2.05. The highest BCUT2D eigenvalue weighted by atomic mass is 16.5. The fourth-order valence-corrected chi connectivity index (χ4v) is 1.34. The van der Waals surface area contributed by atoms with Crippen LogP contribution in [0.3, 0.4) is 0 Å². The Bertz CT molecular complexity index is 407. The first kappa shape index (κ1) is 12.3. The minimum Gasteiger partial charge on any atom is -0.496 e. The van der Waals surface area contributed by atoms with Gasteiger partial charge in [-0.15, -0.1) is 6.58 Å².